The van der Waals surface area contributed by atoms with E-state index < -0.39 is 5.41 Å². The van der Waals surface area contributed by atoms with E-state index in [4.69, 9.17) is 4.74 Å². The fraction of sp³-hybridized carbons (Fsp3) is 0.0222. The highest BCUT2D eigenvalue weighted by Gasteiger charge is 2.52. The van der Waals surface area contributed by atoms with Gasteiger partial charge in [0.1, 0.15) is 11.5 Å². The third-order valence-electron chi connectivity index (χ3n) is 10.7. The molecule has 0 saturated carbocycles. The molecule has 1 heteroatoms. The number of hydrogen-bond acceptors (Lipinski definition) is 1. The lowest BCUT2D eigenvalue weighted by Gasteiger charge is -2.31. The highest BCUT2D eigenvalue weighted by molar-refractivity contribution is 6.11. The molecule has 1 heterocycles. The van der Waals surface area contributed by atoms with Crippen LogP contribution in [0.15, 0.2) is 158 Å². The molecule has 0 radical (unpaired) electrons. The van der Waals surface area contributed by atoms with Crippen LogP contribution < -0.4 is 4.74 Å². The predicted molar refractivity (Wildman–Crippen MR) is 189 cm³/mol. The summed E-state index contributed by atoms with van der Waals surface area (Å²) in [5, 5.41) is 4.97. The first-order valence-electron chi connectivity index (χ1n) is 16.0. The minimum absolute atomic E-state index is 0.405. The summed E-state index contributed by atoms with van der Waals surface area (Å²) >= 11 is 0. The Labute approximate surface area is 267 Å². The van der Waals surface area contributed by atoms with Crippen LogP contribution in [0.3, 0.4) is 0 Å². The van der Waals surface area contributed by atoms with Gasteiger partial charge in [0.2, 0.25) is 0 Å². The molecule has 1 spiro atoms. The van der Waals surface area contributed by atoms with Crippen LogP contribution in [0, 0.1) is 0 Å². The van der Waals surface area contributed by atoms with Gasteiger partial charge in [-0.05, 0) is 90.0 Å². The van der Waals surface area contributed by atoms with Crippen LogP contribution in [-0.2, 0) is 5.41 Å². The fourth-order valence-corrected chi connectivity index (χ4v) is 8.91. The smallest absolute Gasteiger partial charge is 0.135 e. The van der Waals surface area contributed by atoms with E-state index in [0.29, 0.717) is 0 Å². The van der Waals surface area contributed by atoms with Gasteiger partial charge in [0.15, 0.2) is 0 Å². The average molecular weight is 583 g/mol. The van der Waals surface area contributed by atoms with Crippen LogP contribution in [0.4, 0.5) is 0 Å². The van der Waals surface area contributed by atoms with Gasteiger partial charge in [0, 0.05) is 16.5 Å². The van der Waals surface area contributed by atoms with Crippen LogP contribution in [0.1, 0.15) is 22.3 Å². The molecule has 1 atom stereocenters. The Balaban J connectivity index is 1.26. The van der Waals surface area contributed by atoms with Gasteiger partial charge >= 0.3 is 0 Å². The van der Waals surface area contributed by atoms with E-state index in [9.17, 15) is 0 Å². The summed E-state index contributed by atoms with van der Waals surface area (Å²) in [6.07, 6.45) is 0. The number of benzene rings is 8. The Hall–Kier alpha value is -5.92. The molecule has 0 fully saturated rings. The highest BCUT2D eigenvalue weighted by atomic mass is 16.5. The van der Waals surface area contributed by atoms with Crippen molar-refractivity contribution in [2.75, 3.05) is 0 Å². The average Bonchev–Trinajstić information content (AvgIpc) is 3.59. The zero-order valence-electron chi connectivity index (χ0n) is 24.9. The van der Waals surface area contributed by atoms with Crippen molar-refractivity contribution in [3.8, 4) is 56.0 Å². The molecule has 2 aliphatic carbocycles. The standard InChI is InChI=1S/C45H26O/c1-2-12-30-27(10-1)22-25-38-43(30)34-14-4-7-17-37(34)45(38)36-16-6-3-13-32(36)33-24-21-29(26-39(33)45)31-23-20-28-11-9-19-41-42(28)44(31)35-15-5-8-18-40(35)46-41/h1-26H. The summed E-state index contributed by atoms with van der Waals surface area (Å²) < 4.78 is 6.45. The molecule has 0 amide bonds. The van der Waals surface area contributed by atoms with Gasteiger partial charge in [-0.25, -0.2) is 0 Å². The van der Waals surface area contributed by atoms with Crippen LogP contribution in [-0.4, -0.2) is 0 Å². The monoisotopic (exact) mass is 582 g/mol. The summed E-state index contributed by atoms with van der Waals surface area (Å²) in [5.74, 6) is 1.83. The minimum Gasteiger partial charge on any atom is -0.456 e. The first-order chi connectivity index (χ1) is 22.8. The first kappa shape index (κ1) is 24.4. The zero-order valence-corrected chi connectivity index (χ0v) is 24.9. The van der Waals surface area contributed by atoms with Crippen molar-refractivity contribution in [1.29, 1.82) is 0 Å². The molecule has 1 nitrogen and oxygen atoms in total. The summed E-state index contributed by atoms with van der Waals surface area (Å²) in [4.78, 5) is 0. The normalized spacial score (nSPS) is 16.1. The van der Waals surface area contributed by atoms with Crippen LogP contribution in [0.5, 0.6) is 11.5 Å². The highest BCUT2D eigenvalue weighted by Crippen LogP contribution is 2.64. The second-order valence-corrected chi connectivity index (χ2v) is 12.8. The zero-order chi connectivity index (χ0) is 30.0. The molecular weight excluding hydrogens is 556 g/mol. The van der Waals surface area contributed by atoms with Crippen molar-refractivity contribution in [3.05, 3.63) is 180 Å². The molecule has 46 heavy (non-hydrogen) atoms. The predicted octanol–water partition coefficient (Wildman–Crippen LogP) is 11.8. The van der Waals surface area contributed by atoms with Gasteiger partial charge in [0.05, 0.1) is 5.41 Å². The third-order valence-corrected chi connectivity index (χ3v) is 10.7. The quantitative estimate of drug-likeness (QED) is 0.187. The largest absolute Gasteiger partial charge is 0.456 e. The molecule has 0 aromatic heterocycles. The summed E-state index contributed by atoms with van der Waals surface area (Å²) in [6.45, 7) is 0. The van der Waals surface area contributed by atoms with Crippen LogP contribution >= 0.6 is 0 Å². The molecule has 1 unspecified atom stereocenters. The SMILES string of the molecule is c1ccc2c(c1)Oc1cccc3ccc(-c4ccc5c(c4)C4(c6ccccc6-5)c5ccccc5-c5c4ccc4ccccc54)c-2c13. The van der Waals surface area contributed by atoms with Crippen molar-refractivity contribution in [2.24, 2.45) is 0 Å². The first-order valence-corrected chi connectivity index (χ1v) is 16.0. The molecule has 212 valence electrons. The van der Waals surface area contributed by atoms with Gasteiger partial charge in [-0.3, -0.25) is 0 Å². The number of hydrogen-bond donors (Lipinski definition) is 0. The van der Waals surface area contributed by atoms with Gasteiger partial charge < -0.3 is 4.74 Å². The summed E-state index contributed by atoms with van der Waals surface area (Å²) in [6, 6.07) is 58.3. The second-order valence-electron chi connectivity index (χ2n) is 12.8. The number of para-hydroxylation sites is 1. The van der Waals surface area contributed by atoms with E-state index in [1.165, 1.54) is 82.7 Å². The van der Waals surface area contributed by atoms with Gasteiger partial charge in [-0.2, -0.15) is 0 Å². The molecule has 0 bridgehead atoms. The molecule has 3 aliphatic rings. The molecule has 0 saturated heterocycles. The number of rotatable bonds is 1. The van der Waals surface area contributed by atoms with Crippen LogP contribution in [0.2, 0.25) is 0 Å². The number of fused-ring (bicyclic) bond motifs is 14. The summed E-state index contributed by atoms with van der Waals surface area (Å²) in [7, 11) is 0. The van der Waals surface area contributed by atoms with E-state index >= 15 is 0 Å². The topological polar surface area (TPSA) is 9.23 Å². The molecule has 11 rings (SSSR count). The number of ether oxygens (including phenoxy) is 1. The van der Waals surface area contributed by atoms with E-state index in [1.54, 1.807) is 0 Å². The maximum absolute atomic E-state index is 6.45. The van der Waals surface area contributed by atoms with Crippen molar-refractivity contribution < 1.29 is 4.74 Å². The van der Waals surface area contributed by atoms with Crippen molar-refractivity contribution in [2.45, 2.75) is 5.41 Å². The van der Waals surface area contributed by atoms with E-state index in [2.05, 4.69) is 158 Å². The van der Waals surface area contributed by atoms with Crippen molar-refractivity contribution in [3.63, 3.8) is 0 Å². The maximum Gasteiger partial charge on any atom is 0.135 e. The van der Waals surface area contributed by atoms with Crippen molar-refractivity contribution in [1.82, 2.24) is 0 Å². The maximum atomic E-state index is 6.45. The van der Waals surface area contributed by atoms with E-state index in [-0.39, 0.29) is 0 Å². The second kappa shape index (κ2) is 8.62. The van der Waals surface area contributed by atoms with Gasteiger partial charge in [-0.1, -0.05) is 140 Å². The van der Waals surface area contributed by atoms with Gasteiger partial charge in [-0.15, -0.1) is 0 Å². The lowest BCUT2D eigenvalue weighted by atomic mass is 9.70. The van der Waals surface area contributed by atoms with Gasteiger partial charge in [0.25, 0.3) is 0 Å². The Morgan fingerprint density at radius 3 is 1.93 bits per heavy atom. The summed E-state index contributed by atoms with van der Waals surface area (Å²) in [5.41, 5.74) is 15.2. The molecule has 1 aliphatic heterocycles. The lowest BCUT2D eigenvalue weighted by Crippen LogP contribution is -2.25. The Morgan fingerprint density at radius 2 is 1.02 bits per heavy atom. The van der Waals surface area contributed by atoms with E-state index in [0.717, 1.165) is 17.1 Å². The van der Waals surface area contributed by atoms with E-state index in [1.807, 2.05) is 0 Å². The fourth-order valence-electron chi connectivity index (χ4n) is 8.91. The Kier molecular flexibility index (Phi) is 4.57. The van der Waals surface area contributed by atoms with Crippen molar-refractivity contribution >= 4 is 21.5 Å². The Morgan fingerprint density at radius 1 is 0.370 bits per heavy atom. The molecular formula is C45H26O. The lowest BCUT2D eigenvalue weighted by molar-refractivity contribution is 0.487. The molecule has 8 aromatic carbocycles. The molecule has 8 aromatic rings. The third kappa shape index (κ3) is 2.87. The minimum atomic E-state index is -0.405. The Bertz CT molecular complexity index is 2630. The van der Waals surface area contributed by atoms with Crippen LogP contribution in [0.25, 0.3) is 66.1 Å². The molecule has 0 N–H and O–H groups in total.